The average Bonchev–Trinajstić information content (AvgIpc) is 1.66. The molecule has 0 aliphatic carbocycles. The van der Waals surface area contributed by atoms with E-state index in [9.17, 15) is 24.5 Å². The van der Waals surface area contributed by atoms with Gasteiger partial charge in [0.05, 0.1) is 34.1 Å². The summed E-state index contributed by atoms with van der Waals surface area (Å²) in [5.74, 6) is -2.37. The molecule has 14 rings (SSSR count). The van der Waals surface area contributed by atoms with E-state index in [4.69, 9.17) is 33.9 Å². The van der Waals surface area contributed by atoms with Crippen molar-refractivity contribution in [3.8, 4) is 46.0 Å². The lowest BCUT2D eigenvalue weighted by Crippen LogP contribution is -2.48. The highest BCUT2D eigenvalue weighted by molar-refractivity contribution is 6.04. The maximum Gasteiger partial charge on any atom is 0.409 e. The molecule has 6 fully saturated rings. The topological polar surface area (TPSA) is 208 Å². The van der Waals surface area contributed by atoms with Crippen LogP contribution in [0.4, 0.5) is 38.4 Å². The van der Waals surface area contributed by atoms with Gasteiger partial charge in [0.25, 0.3) is 0 Å². The molecule has 6 saturated heterocycles. The minimum Gasteiger partial charge on any atom is -0.508 e. The van der Waals surface area contributed by atoms with Crippen molar-refractivity contribution in [1.82, 2.24) is 44.6 Å². The Labute approximate surface area is 534 Å². The number of ether oxygens (including phenoxy) is 4. The van der Waals surface area contributed by atoms with Gasteiger partial charge < -0.3 is 49.0 Å². The smallest absolute Gasteiger partial charge is 0.409 e. The summed E-state index contributed by atoms with van der Waals surface area (Å²) in [5, 5.41) is 35.8. The third-order valence-electron chi connectivity index (χ3n) is 20.4. The van der Waals surface area contributed by atoms with E-state index in [0.29, 0.717) is 141 Å². The highest BCUT2D eigenvalue weighted by Crippen LogP contribution is 2.47. The molecule has 6 aliphatic heterocycles. The zero-order chi connectivity index (χ0) is 64.7. The van der Waals surface area contributed by atoms with E-state index in [1.165, 1.54) is 66.8 Å². The van der Waals surface area contributed by atoms with Crippen LogP contribution in [0.5, 0.6) is 23.5 Å². The standard InChI is InChI=1S/C69H76F5N11O8/c1-5-45-52(71)12-11-39-25-43(86)28-48(54(39)45)58-56(73)61-51(32-75-58)63(83-18-7-14-67(3,89)36-83)80-65(78-61)92-37-68-15-9-21-85(68)42(13-17-68)35-91-66(88)81(4)33-40-26-53(72)46(6-2)55-47(40)27-44(87)29-49(55)59-57(74)60-50(31-76-59)62(82-19-10-23-90-24-22-82)79-64(77-60)93-38-69-16-8-20-84(69)34-41(70)30-69/h11-12,25-29,31-32,41-42,86-87,89H,5-10,13-24,30,33-38H2,1-4H3/t41-,42+,67-,68+,69+/m1/s1. The Bertz CT molecular complexity index is 4260. The Balaban J connectivity index is 0.712. The molecule has 0 spiro atoms. The first-order valence-electron chi connectivity index (χ1n) is 32.6. The lowest BCUT2D eigenvalue weighted by Gasteiger charge is -2.38. The van der Waals surface area contributed by atoms with E-state index in [-0.39, 0.29) is 113 Å². The number of alkyl halides is 1. The molecule has 0 radical (unpaired) electrons. The number of carbonyl (C=O) groups excluding carboxylic acids is 1. The van der Waals surface area contributed by atoms with Gasteiger partial charge in [-0.15, -0.1) is 0 Å². The number of aromatic hydroxyl groups is 2. The van der Waals surface area contributed by atoms with Crippen LogP contribution in [0.3, 0.4) is 0 Å². The molecule has 490 valence electrons. The molecular weight excluding hydrogens is 1210 g/mol. The van der Waals surface area contributed by atoms with E-state index in [2.05, 4.69) is 24.8 Å². The molecule has 0 unspecified atom stereocenters. The third kappa shape index (κ3) is 11.4. The number of aryl methyl sites for hydroxylation is 2. The van der Waals surface area contributed by atoms with Crippen molar-refractivity contribution in [1.29, 1.82) is 0 Å². The molecule has 4 aromatic carbocycles. The number of pyridine rings is 2. The Morgan fingerprint density at radius 3 is 2.05 bits per heavy atom. The van der Waals surface area contributed by atoms with Crippen molar-refractivity contribution in [3.05, 3.63) is 94.8 Å². The summed E-state index contributed by atoms with van der Waals surface area (Å²) in [7, 11) is 1.54. The highest BCUT2D eigenvalue weighted by Gasteiger charge is 2.51. The Morgan fingerprint density at radius 1 is 0.710 bits per heavy atom. The number of nitrogens with zero attached hydrogens (tertiary/aromatic N) is 11. The number of hydrogen-bond donors (Lipinski definition) is 3. The second-order valence-corrected chi connectivity index (χ2v) is 26.5. The van der Waals surface area contributed by atoms with Crippen molar-refractivity contribution < 1.29 is 61.0 Å². The quantitative estimate of drug-likeness (QED) is 0.0769. The molecule has 3 N–H and O–H groups in total. The number of rotatable bonds is 16. The molecule has 10 heterocycles. The van der Waals surface area contributed by atoms with Crippen molar-refractivity contribution >= 4 is 61.1 Å². The SMILES string of the molecule is CCc1c(F)ccc2cc(O)cc(-c3ncc4c(N5CCC[C@@](C)(O)C5)nc(OC[C@@]56CCCN5[C@H](COC(=O)N(C)Cc5cc(F)c(CC)c7c(-c8ncc9c(N%10CCCOCC%10)nc(OC[C@@]%10%11CCCN%10C[C@H](F)C%11)nc9c8F)cc(O)cc57)CC6)nc4c3F)c12. The molecule has 5 atom stereocenters. The van der Waals surface area contributed by atoms with Gasteiger partial charge in [0.1, 0.15) is 83.2 Å². The Hall–Kier alpha value is -8.06. The predicted octanol–water partition coefficient (Wildman–Crippen LogP) is 11.3. The van der Waals surface area contributed by atoms with Gasteiger partial charge in [-0.2, -0.15) is 19.9 Å². The number of hydrogen-bond acceptors (Lipinski definition) is 18. The Kier molecular flexibility index (Phi) is 16.6. The first kappa shape index (κ1) is 62.4. The van der Waals surface area contributed by atoms with Crippen LogP contribution < -0.4 is 19.3 Å². The molecule has 6 aliphatic rings. The van der Waals surface area contributed by atoms with E-state index in [1.54, 1.807) is 20.8 Å². The van der Waals surface area contributed by atoms with Crippen LogP contribution in [-0.2, 0) is 28.9 Å². The van der Waals surface area contributed by atoms with Gasteiger partial charge in [-0.05, 0) is 165 Å². The number of benzene rings is 4. The maximum absolute atomic E-state index is 17.7. The van der Waals surface area contributed by atoms with Gasteiger partial charge >= 0.3 is 18.1 Å². The van der Waals surface area contributed by atoms with E-state index in [0.717, 1.165) is 32.2 Å². The molecule has 93 heavy (non-hydrogen) atoms. The minimum atomic E-state index is -1.06. The van der Waals surface area contributed by atoms with Gasteiger partial charge in [0.2, 0.25) is 0 Å². The van der Waals surface area contributed by atoms with Crippen molar-refractivity contribution in [2.45, 2.75) is 133 Å². The van der Waals surface area contributed by atoms with Crippen LogP contribution in [0.2, 0.25) is 0 Å². The normalized spacial score (nSPS) is 23.5. The number of piperidine rings is 1. The zero-order valence-electron chi connectivity index (χ0n) is 52.7. The summed E-state index contributed by atoms with van der Waals surface area (Å²) >= 11 is 0. The van der Waals surface area contributed by atoms with Gasteiger partial charge in [0, 0.05) is 88.9 Å². The third-order valence-corrected chi connectivity index (χ3v) is 20.4. The molecule has 19 nitrogen and oxygen atoms in total. The molecule has 0 bridgehead atoms. The summed E-state index contributed by atoms with van der Waals surface area (Å²) in [6.45, 7) is 9.91. The Morgan fingerprint density at radius 2 is 1.34 bits per heavy atom. The number of anilines is 2. The van der Waals surface area contributed by atoms with Crippen LogP contribution in [-0.4, -0.2) is 181 Å². The fourth-order valence-electron chi connectivity index (χ4n) is 16.0. The van der Waals surface area contributed by atoms with E-state index < -0.39 is 52.2 Å². The first-order chi connectivity index (χ1) is 44.8. The number of aliphatic hydroxyl groups is 1. The molecule has 4 aromatic heterocycles. The monoisotopic (exact) mass is 1280 g/mol. The minimum absolute atomic E-state index is 0.0213. The molecule has 8 aromatic rings. The second kappa shape index (κ2) is 24.7. The van der Waals surface area contributed by atoms with Gasteiger partial charge in [0.15, 0.2) is 11.6 Å². The van der Waals surface area contributed by atoms with Crippen LogP contribution in [0.1, 0.15) is 102 Å². The summed E-state index contributed by atoms with van der Waals surface area (Å²) in [6.07, 6.45) is 8.55. The number of aromatic nitrogens is 6. The van der Waals surface area contributed by atoms with Crippen molar-refractivity contribution in [3.63, 3.8) is 0 Å². The van der Waals surface area contributed by atoms with E-state index >= 15 is 17.6 Å². The predicted molar refractivity (Wildman–Crippen MR) is 341 cm³/mol. The summed E-state index contributed by atoms with van der Waals surface area (Å²) in [4.78, 5) is 52.0. The van der Waals surface area contributed by atoms with Gasteiger partial charge in [-0.3, -0.25) is 19.8 Å². The van der Waals surface area contributed by atoms with Crippen LogP contribution in [0, 0.1) is 23.3 Å². The van der Waals surface area contributed by atoms with Crippen molar-refractivity contribution in [2.24, 2.45) is 0 Å². The number of halogens is 5. The molecular formula is C69H76F5N11O8. The maximum atomic E-state index is 17.7. The lowest BCUT2D eigenvalue weighted by atomic mass is 9.91. The van der Waals surface area contributed by atoms with Crippen LogP contribution >= 0.6 is 0 Å². The number of amides is 1. The number of phenols is 2. The molecule has 24 heteroatoms. The summed E-state index contributed by atoms with van der Waals surface area (Å²) in [5.41, 5.74) is -1.38. The number of carbonyl (C=O) groups is 1. The zero-order valence-corrected chi connectivity index (χ0v) is 52.7. The number of β-amino-alcohol motifs (C(OH)–C–C–N with tert-alkyl or cyclic N) is 1. The number of fused-ring (bicyclic) bond motifs is 6. The first-order valence-corrected chi connectivity index (χ1v) is 32.6. The lowest BCUT2D eigenvalue weighted by molar-refractivity contribution is 0.0437. The van der Waals surface area contributed by atoms with Crippen molar-refractivity contribution in [2.75, 3.05) is 95.7 Å². The van der Waals surface area contributed by atoms with Gasteiger partial charge in [-0.1, -0.05) is 19.9 Å². The largest absolute Gasteiger partial charge is 0.508 e. The fourth-order valence-corrected chi connectivity index (χ4v) is 16.0. The highest BCUT2D eigenvalue weighted by atomic mass is 19.1. The van der Waals surface area contributed by atoms with Gasteiger partial charge in [-0.25, -0.2) is 26.7 Å². The van der Waals surface area contributed by atoms with Crippen LogP contribution in [0.25, 0.3) is 65.9 Å². The molecule has 0 saturated carbocycles. The summed E-state index contributed by atoms with van der Waals surface area (Å²) < 4.78 is 107. The second-order valence-electron chi connectivity index (χ2n) is 26.5. The van der Waals surface area contributed by atoms with E-state index in [1.807, 2.05) is 9.80 Å². The van der Waals surface area contributed by atoms with Crippen LogP contribution in [0.15, 0.2) is 54.9 Å². The fraction of sp³-hybridized carbons (Fsp3) is 0.493. The average molecular weight is 1280 g/mol. The molecule has 1 amide bonds. The summed E-state index contributed by atoms with van der Waals surface area (Å²) in [6, 6.07) is 9.52. The number of phenolic OH excluding ortho intramolecular Hbond substituents is 2.